The van der Waals surface area contributed by atoms with E-state index in [1.54, 1.807) is 14.2 Å². The van der Waals surface area contributed by atoms with Crippen molar-refractivity contribution in [1.29, 1.82) is 0 Å². The molecule has 1 heterocycles. The average Bonchev–Trinajstić information content (AvgIpc) is 2.47. The van der Waals surface area contributed by atoms with Crippen LogP contribution in [0.15, 0.2) is 18.2 Å². The van der Waals surface area contributed by atoms with E-state index in [4.69, 9.17) is 15.2 Å². The Morgan fingerprint density at radius 3 is 2.90 bits per heavy atom. The molecule has 3 N–H and O–H groups in total. The van der Waals surface area contributed by atoms with Crippen molar-refractivity contribution in [1.82, 2.24) is 10.2 Å². The monoisotopic (exact) mass is 279 g/mol. The Labute approximate surface area is 118 Å². The van der Waals surface area contributed by atoms with Gasteiger partial charge in [0.15, 0.2) is 0 Å². The second-order valence-corrected chi connectivity index (χ2v) is 4.77. The molecule has 1 saturated heterocycles. The van der Waals surface area contributed by atoms with E-state index >= 15 is 0 Å². The van der Waals surface area contributed by atoms with Crippen LogP contribution in [0.25, 0.3) is 0 Å². The predicted octanol–water partition coefficient (Wildman–Crippen LogP) is -0.0371. The summed E-state index contributed by atoms with van der Waals surface area (Å²) in [6.07, 6.45) is 0. The van der Waals surface area contributed by atoms with Gasteiger partial charge in [-0.2, -0.15) is 0 Å². The largest absolute Gasteiger partial charge is 0.497 e. The first-order valence-corrected chi connectivity index (χ1v) is 6.60. The molecular formula is C14H21N3O3. The van der Waals surface area contributed by atoms with Crippen LogP contribution in [-0.4, -0.2) is 50.7 Å². The third kappa shape index (κ3) is 3.20. The molecule has 0 aliphatic carbocycles. The molecule has 1 aliphatic heterocycles. The lowest BCUT2D eigenvalue weighted by Gasteiger charge is -2.34. The molecule has 0 saturated carbocycles. The van der Waals surface area contributed by atoms with Gasteiger partial charge in [0.05, 0.1) is 14.2 Å². The zero-order valence-corrected chi connectivity index (χ0v) is 11.9. The summed E-state index contributed by atoms with van der Waals surface area (Å²) in [5.74, 6) is 1.25. The van der Waals surface area contributed by atoms with Crippen LogP contribution in [0.1, 0.15) is 5.56 Å². The van der Waals surface area contributed by atoms with Crippen molar-refractivity contribution in [3.05, 3.63) is 23.8 Å². The van der Waals surface area contributed by atoms with Gasteiger partial charge in [0.1, 0.15) is 17.5 Å². The molecule has 1 fully saturated rings. The number of nitrogens with zero attached hydrogens (tertiary/aromatic N) is 1. The van der Waals surface area contributed by atoms with E-state index in [0.717, 1.165) is 30.2 Å². The van der Waals surface area contributed by atoms with Crippen LogP contribution in [-0.2, 0) is 11.3 Å². The number of primary amides is 1. The minimum Gasteiger partial charge on any atom is -0.497 e. The van der Waals surface area contributed by atoms with Gasteiger partial charge in [-0.3, -0.25) is 9.69 Å². The lowest BCUT2D eigenvalue weighted by atomic mass is 10.1. The SMILES string of the molecule is COc1ccc(OC)c(CN2CCNCC2C(N)=O)c1. The van der Waals surface area contributed by atoms with Gasteiger partial charge in [-0.05, 0) is 18.2 Å². The fourth-order valence-corrected chi connectivity index (χ4v) is 2.44. The molecule has 1 aromatic carbocycles. The van der Waals surface area contributed by atoms with Crippen LogP contribution in [0, 0.1) is 0 Å². The van der Waals surface area contributed by atoms with E-state index in [1.165, 1.54) is 0 Å². The van der Waals surface area contributed by atoms with Crippen molar-refractivity contribution >= 4 is 5.91 Å². The van der Waals surface area contributed by atoms with Gasteiger partial charge < -0.3 is 20.5 Å². The minimum atomic E-state index is -0.306. The Bertz CT molecular complexity index is 479. The zero-order chi connectivity index (χ0) is 14.5. The zero-order valence-electron chi connectivity index (χ0n) is 11.9. The van der Waals surface area contributed by atoms with E-state index in [0.29, 0.717) is 13.1 Å². The highest BCUT2D eigenvalue weighted by Gasteiger charge is 2.27. The van der Waals surface area contributed by atoms with E-state index in [-0.39, 0.29) is 11.9 Å². The Hall–Kier alpha value is -1.79. The number of hydrogen-bond donors (Lipinski definition) is 2. The number of benzene rings is 1. The highest BCUT2D eigenvalue weighted by molar-refractivity contribution is 5.80. The Morgan fingerprint density at radius 1 is 1.45 bits per heavy atom. The lowest BCUT2D eigenvalue weighted by Crippen LogP contribution is -2.56. The fourth-order valence-electron chi connectivity index (χ4n) is 2.44. The van der Waals surface area contributed by atoms with E-state index in [1.807, 2.05) is 18.2 Å². The first kappa shape index (κ1) is 14.6. The van der Waals surface area contributed by atoms with Gasteiger partial charge in [0.25, 0.3) is 0 Å². The first-order chi connectivity index (χ1) is 9.65. The number of amides is 1. The molecule has 1 atom stereocenters. The van der Waals surface area contributed by atoms with E-state index in [2.05, 4.69) is 10.2 Å². The Kier molecular flexibility index (Phi) is 4.81. The number of nitrogens with two attached hydrogens (primary N) is 1. The Morgan fingerprint density at radius 2 is 2.25 bits per heavy atom. The van der Waals surface area contributed by atoms with Gasteiger partial charge >= 0.3 is 0 Å². The van der Waals surface area contributed by atoms with Gasteiger partial charge in [-0.15, -0.1) is 0 Å². The van der Waals surface area contributed by atoms with Gasteiger partial charge in [-0.1, -0.05) is 0 Å². The number of hydrogen-bond acceptors (Lipinski definition) is 5. The third-order valence-corrected chi connectivity index (χ3v) is 3.54. The molecule has 1 amide bonds. The number of methoxy groups -OCH3 is 2. The molecule has 1 aliphatic rings. The standard InChI is InChI=1S/C14H21N3O3/c1-19-11-3-4-13(20-2)10(7-11)9-17-6-5-16-8-12(17)14(15)18/h3-4,7,12,16H,5-6,8-9H2,1-2H3,(H2,15,18). The molecule has 6 nitrogen and oxygen atoms in total. The van der Waals surface area contributed by atoms with Crippen LogP contribution in [0.2, 0.25) is 0 Å². The van der Waals surface area contributed by atoms with Crippen LogP contribution in [0.3, 0.4) is 0 Å². The van der Waals surface area contributed by atoms with Crippen molar-refractivity contribution in [3.63, 3.8) is 0 Å². The number of ether oxygens (including phenoxy) is 2. The molecule has 1 unspecified atom stereocenters. The summed E-state index contributed by atoms with van der Waals surface area (Å²) in [5, 5.41) is 3.18. The van der Waals surface area contributed by atoms with Crippen molar-refractivity contribution in [2.24, 2.45) is 5.73 Å². The van der Waals surface area contributed by atoms with Crippen molar-refractivity contribution < 1.29 is 14.3 Å². The van der Waals surface area contributed by atoms with Crippen molar-refractivity contribution in [3.8, 4) is 11.5 Å². The highest BCUT2D eigenvalue weighted by atomic mass is 16.5. The van der Waals surface area contributed by atoms with Crippen LogP contribution >= 0.6 is 0 Å². The van der Waals surface area contributed by atoms with Gasteiger partial charge in [0.2, 0.25) is 5.91 Å². The third-order valence-electron chi connectivity index (χ3n) is 3.54. The summed E-state index contributed by atoms with van der Waals surface area (Å²) < 4.78 is 10.6. The molecule has 2 rings (SSSR count). The number of carbonyl (C=O) groups is 1. The second kappa shape index (κ2) is 6.58. The number of nitrogens with one attached hydrogen (secondary N) is 1. The Balaban J connectivity index is 2.20. The second-order valence-electron chi connectivity index (χ2n) is 4.77. The summed E-state index contributed by atoms with van der Waals surface area (Å²) >= 11 is 0. The average molecular weight is 279 g/mol. The van der Waals surface area contributed by atoms with Gasteiger partial charge in [0, 0.05) is 31.7 Å². The van der Waals surface area contributed by atoms with Gasteiger partial charge in [-0.25, -0.2) is 0 Å². The lowest BCUT2D eigenvalue weighted by molar-refractivity contribution is -0.124. The normalized spacial score (nSPS) is 19.6. The summed E-state index contributed by atoms with van der Waals surface area (Å²) in [6.45, 7) is 2.81. The highest BCUT2D eigenvalue weighted by Crippen LogP contribution is 2.26. The number of rotatable bonds is 5. The molecule has 0 aromatic heterocycles. The van der Waals surface area contributed by atoms with Crippen LogP contribution < -0.4 is 20.5 Å². The predicted molar refractivity (Wildman–Crippen MR) is 75.8 cm³/mol. The molecule has 6 heteroatoms. The first-order valence-electron chi connectivity index (χ1n) is 6.60. The van der Waals surface area contributed by atoms with Crippen molar-refractivity contribution in [2.45, 2.75) is 12.6 Å². The molecule has 0 spiro atoms. The molecule has 0 bridgehead atoms. The quantitative estimate of drug-likeness (QED) is 0.791. The maximum atomic E-state index is 11.5. The summed E-state index contributed by atoms with van der Waals surface area (Å²) in [4.78, 5) is 13.6. The summed E-state index contributed by atoms with van der Waals surface area (Å²) in [6, 6.07) is 5.36. The maximum Gasteiger partial charge on any atom is 0.236 e. The molecular weight excluding hydrogens is 258 g/mol. The topological polar surface area (TPSA) is 76.8 Å². The maximum absolute atomic E-state index is 11.5. The molecule has 110 valence electrons. The van der Waals surface area contributed by atoms with E-state index < -0.39 is 0 Å². The number of carbonyl (C=O) groups excluding carboxylic acids is 1. The fraction of sp³-hybridized carbons (Fsp3) is 0.500. The van der Waals surface area contributed by atoms with Crippen molar-refractivity contribution in [2.75, 3.05) is 33.9 Å². The van der Waals surface area contributed by atoms with Crippen LogP contribution in [0.5, 0.6) is 11.5 Å². The molecule has 0 radical (unpaired) electrons. The number of piperazine rings is 1. The van der Waals surface area contributed by atoms with E-state index in [9.17, 15) is 4.79 Å². The summed E-state index contributed by atoms with van der Waals surface area (Å²) in [7, 11) is 3.26. The minimum absolute atomic E-state index is 0.292. The smallest absolute Gasteiger partial charge is 0.236 e. The summed E-state index contributed by atoms with van der Waals surface area (Å²) in [5.41, 5.74) is 6.45. The van der Waals surface area contributed by atoms with Crippen LogP contribution in [0.4, 0.5) is 0 Å². The molecule has 1 aromatic rings. The molecule has 20 heavy (non-hydrogen) atoms.